The molecule has 0 aromatic heterocycles. The highest BCUT2D eigenvalue weighted by Gasteiger charge is 2.35. The molecule has 0 saturated carbocycles. The van der Waals surface area contributed by atoms with Gasteiger partial charge >= 0.3 is 6.18 Å². The highest BCUT2D eigenvalue weighted by Crippen LogP contribution is 2.17. The van der Waals surface area contributed by atoms with Crippen LogP contribution in [-0.2, 0) is 9.84 Å². The van der Waals surface area contributed by atoms with Gasteiger partial charge in [0, 0.05) is 6.04 Å². The van der Waals surface area contributed by atoms with Gasteiger partial charge in [-0.3, -0.25) is 0 Å². The van der Waals surface area contributed by atoms with Crippen LogP contribution in [0.1, 0.15) is 13.3 Å². The van der Waals surface area contributed by atoms with E-state index in [-0.39, 0.29) is 0 Å². The van der Waals surface area contributed by atoms with E-state index in [9.17, 15) is 21.6 Å². The average molecular weight is 219 g/mol. The second-order valence-corrected chi connectivity index (χ2v) is 4.95. The molecule has 1 atom stereocenters. The Kier molecular flexibility index (Phi) is 4.18. The van der Waals surface area contributed by atoms with Crippen molar-refractivity contribution in [1.82, 2.24) is 0 Å². The third-order valence-corrected chi connectivity index (χ3v) is 3.08. The molecule has 0 saturated heterocycles. The zero-order valence-corrected chi connectivity index (χ0v) is 7.95. The van der Waals surface area contributed by atoms with Crippen molar-refractivity contribution in [1.29, 1.82) is 0 Å². The van der Waals surface area contributed by atoms with E-state index in [4.69, 9.17) is 5.73 Å². The Morgan fingerprint density at radius 3 is 2.15 bits per heavy atom. The molecule has 0 aliphatic rings. The van der Waals surface area contributed by atoms with E-state index < -0.39 is 33.6 Å². The van der Waals surface area contributed by atoms with Gasteiger partial charge in [-0.25, -0.2) is 8.42 Å². The molecule has 2 N–H and O–H groups in total. The number of sulfone groups is 1. The third-order valence-electron chi connectivity index (χ3n) is 1.38. The molecule has 80 valence electrons. The maximum Gasteiger partial charge on any atom is 0.402 e. The molecule has 13 heavy (non-hydrogen) atoms. The van der Waals surface area contributed by atoms with E-state index in [1.807, 2.05) is 0 Å². The first-order valence-corrected chi connectivity index (χ1v) is 5.51. The fourth-order valence-electron chi connectivity index (χ4n) is 0.752. The van der Waals surface area contributed by atoms with Crippen molar-refractivity contribution in [2.45, 2.75) is 25.6 Å². The Hall–Kier alpha value is -0.300. The monoisotopic (exact) mass is 219 g/mol. The number of hydrogen-bond donors (Lipinski definition) is 1. The highest BCUT2D eigenvalue weighted by molar-refractivity contribution is 7.91. The fraction of sp³-hybridized carbons (Fsp3) is 1.00. The Labute approximate surface area is 75.0 Å². The minimum absolute atomic E-state index is 0.344. The van der Waals surface area contributed by atoms with Gasteiger partial charge in [0.05, 0.1) is 5.75 Å². The predicted octanol–water partition coefficient (Wildman–Crippen LogP) is 0.701. The Balaban J connectivity index is 4.27. The third kappa shape index (κ3) is 6.83. The molecule has 0 heterocycles. The smallest absolute Gasteiger partial charge is 0.327 e. The zero-order valence-electron chi connectivity index (χ0n) is 7.13. The number of halogens is 3. The molecule has 0 aliphatic carbocycles. The molecule has 7 heteroatoms. The van der Waals surface area contributed by atoms with E-state index in [1.165, 1.54) is 0 Å². The molecule has 1 unspecified atom stereocenters. The first-order valence-electron chi connectivity index (χ1n) is 3.69. The summed E-state index contributed by atoms with van der Waals surface area (Å²) < 4.78 is 56.7. The molecule has 0 aliphatic heterocycles. The van der Waals surface area contributed by atoms with Crippen LogP contribution in [0.2, 0.25) is 0 Å². The van der Waals surface area contributed by atoms with E-state index in [1.54, 1.807) is 6.92 Å². The van der Waals surface area contributed by atoms with Crippen LogP contribution in [0.4, 0.5) is 13.2 Å². The average Bonchev–Trinajstić information content (AvgIpc) is 1.80. The van der Waals surface area contributed by atoms with Gasteiger partial charge < -0.3 is 5.73 Å². The van der Waals surface area contributed by atoms with E-state index in [2.05, 4.69) is 0 Å². The summed E-state index contributed by atoms with van der Waals surface area (Å²) in [7, 11) is -4.10. The maximum atomic E-state index is 11.7. The number of alkyl halides is 3. The molecule has 0 rings (SSSR count). The van der Waals surface area contributed by atoms with Crippen molar-refractivity contribution in [3.8, 4) is 0 Å². The summed E-state index contributed by atoms with van der Waals surface area (Å²) in [6.07, 6.45) is -4.33. The van der Waals surface area contributed by atoms with Crippen LogP contribution in [0, 0.1) is 0 Å². The normalized spacial score (nSPS) is 15.8. The van der Waals surface area contributed by atoms with Gasteiger partial charge in [-0.15, -0.1) is 0 Å². The summed E-state index contributed by atoms with van der Waals surface area (Å²) in [5.74, 6) is -2.39. The summed E-state index contributed by atoms with van der Waals surface area (Å²) in [5, 5.41) is 0. The summed E-state index contributed by atoms with van der Waals surface area (Å²) in [6.45, 7) is 1.62. The van der Waals surface area contributed by atoms with Gasteiger partial charge in [0.1, 0.15) is 5.75 Å². The molecule has 0 fully saturated rings. The van der Waals surface area contributed by atoms with Crippen LogP contribution < -0.4 is 5.73 Å². The van der Waals surface area contributed by atoms with Crippen molar-refractivity contribution in [3.05, 3.63) is 0 Å². The van der Waals surface area contributed by atoms with Crippen LogP contribution in [0.3, 0.4) is 0 Å². The quantitative estimate of drug-likeness (QED) is 0.757. The van der Waals surface area contributed by atoms with Gasteiger partial charge in [0.25, 0.3) is 0 Å². The summed E-state index contributed by atoms with van der Waals surface area (Å²) in [6, 6.07) is -0.715. The molecule has 0 aromatic carbocycles. The van der Waals surface area contributed by atoms with Crippen molar-refractivity contribution in [3.63, 3.8) is 0 Å². The minimum Gasteiger partial charge on any atom is -0.327 e. The molecule has 0 radical (unpaired) electrons. The SMILES string of the molecule is CCC(N)CS(=O)(=O)CC(F)(F)F. The van der Waals surface area contributed by atoms with E-state index in [0.717, 1.165) is 0 Å². The molecule has 0 amide bonds. The van der Waals surface area contributed by atoms with E-state index >= 15 is 0 Å². The molecular formula is C6H12F3NO2S. The van der Waals surface area contributed by atoms with Crippen LogP contribution in [-0.4, -0.2) is 32.1 Å². The van der Waals surface area contributed by atoms with Crippen LogP contribution in [0.5, 0.6) is 0 Å². The fourth-order valence-corrected chi connectivity index (χ4v) is 2.26. The van der Waals surface area contributed by atoms with Gasteiger partial charge in [0.2, 0.25) is 0 Å². The maximum absolute atomic E-state index is 11.7. The summed E-state index contributed by atoms with van der Waals surface area (Å²) in [4.78, 5) is 0. The molecule has 0 spiro atoms. The van der Waals surface area contributed by atoms with Crippen molar-refractivity contribution in [2.75, 3.05) is 11.5 Å². The molecule has 0 aromatic rings. The molecule has 3 nitrogen and oxygen atoms in total. The Bertz CT molecular complexity index is 247. The minimum atomic E-state index is -4.67. The second kappa shape index (κ2) is 4.28. The van der Waals surface area contributed by atoms with Gasteiger partial charge in [-0.1, -0.05) is 6.92 Å². The standard InChI is InChI=1S/C6H12F3NO2S/c1-2-5(10)3-13(11,12)4-6(7,8)9/h5H,2-4,10H2,1H3. The lowest BCUT2D eigenvalue weighted by Gasteiger charge is -2.11. The number of hydrogen-bond acceptors (Lipinski definition) is 3. The number of nitrogens with two attached hydrogens (primary N) is 1. The Morgan fingerprint density at radius 2 is 1.85 bits per heavy atom. The molecular weight excluding hydrogens is 207 g/mol. The molecule has 0 bridgehead atoms. The lowest BCUT2D eigenvalue weighted by Crippen LogP contribution is -2.34. The van der Waals surface area contributed by atoms with Gasteiger partial charge in [0.15, 0.2) is 9.84 Å². The topological polar surface area (TPSA) is 60.2 Å². The predicted molar refractivity (Wildman–Crippen MR) is 43.0 cm³/mol. The van der Waals surface area contributed by atoms with Crippen molar-refractivity contribution >= 4 is 9.84 Å². The summed E-state index contributed by atoms with van der Waals surface area (Å²) >= 11 is 0. The van der Waals surface area contributed by atoms with Crippen LogP contribution in [0.15, 0.2) is 0 Å². The first kappa shape index (κ1) is 12.7. The second-order valence-electron chi connectivity index (χ2n) is 2.84. The number of rotatable bonds is 4. The van der Waals surface area contributed by atoms with Crippen molar-refractivity contribution in [2.24, 2.45) is 5.73 Å². The van der Waals surface area contributed by atoms with Crippen molar-refractivity contribution < 1.29 is 21.6 Å². The van der Waals surface area contributed by atoms with Crippen LogP contribution >= 0.6 is 0 Å². The van der Waals surface area contributed by atoms with Gasteiger partial charge in [-0.05, 0) is 6.42 Å². The first-order chi connectivity index (χ1) is 5.66. The lowest BCUT2D eigenvalue weighted by atomic mass is 10.3. The van der Waals surface area contributed by atoms with Crippen LogP contribution in [0.25, 0.3) is 0 Å². The highest BCUT2D eigenvalue weighted by atomic mass is 32.2. The largest absolute Gasteiger partial charge is 0.402 e. The zero-order chi connectivity index (χ0) is 10.7. The van der Waals surface area contributed by atoms with E-state index in [0.29, 0.717) is 6.42 Å². The van der Waals surface area contributed by atoms with Gasteiger partial charge in [-0.2, -0.15) is 13.2 Å². The lowest BCUT2D eigenvalue weighted by molar-refractivity contribution is -0.106. The Morgan fingerprint density at radius 1 is 1.38 bits per heavy atom. The summed E-state index contributed by atoms with van der Waals surface area (Å²) in [5.41, 5.74) is 5.23.